The highest BCUT2D eigenvalue weighted by Gasteiger charge is 1.96. The SMILES string of the molecule is COCCCNCC(C)C#N. The molecule has 0 heterocycles. The molecule has 3 heteroatoms. The van der Waals surface area contributed by atoms with Crippen molar-refractivity contribution < 1.29 is 4.74 Å². The third kappa shape index (κ3) is 7.31. The van der Waals surface area contributed by atoms with E-state index in [1.54, 1.807) is 7.11 Å². The van der Waals surface area contributed by atoms with Crippen molar-refractivity contribution >= 4 is 0 Å². The predicted molar refractivity (Wildman–Crippen MR) is 44.1 cm³/mol. The fraction of sp³-hybridized carbons (Fsp3) is 0.875. The standard InChI is InChI=1S/C8H16N2O/c1-8(6-9)7-10-4-3-5-11-2/h8,10H,3-5,7H2,1-2H3. The van der Waals surface area contributed by atoms with E-state index in [1.807, 2.05) is 6.92 Å². The Kier molecular flexibility index (Phi) is 7.11. The number of nitriles is 1. The molecule has 1 N–H and O–H groups in total. The number of nitrogens with zero attached hydrogens (tertiary/aromatic N) is 1. The first-order valence-corrected chi connectivity index (χ1v) is 3.90. The largest absolute Gasteiger partial charge is 0.385 e. The van der Waals surface area contributed by atoms with Gasteiger partial charge in [-0.05, 0) is 19.9 Å². The molecule has 0 bridgehead atoms. The summed E-state index contributed by atoms with van der Waals surface area (Å²) >= 11 is 0. The molecule has 1 unspecified atom stereocenters. The van der Waals surface area contributed by atoms with Crippen molar-refractivity contribution in [2.75, 3.05) is 26.8 Å². The highest BCUT2D eigenvalue weighted by Crippen LogP contribution is 1.87. The maximum Gasteiger partial charge on any atom is 0.0666 e. The molecular weight excluding hydrogens is 140 g/mol. The molecule has 0 aromatic carbocycles. The van der Waals surface area contributed by atoms with Crippen LogP contribution in [0.5, 0.6) is 0 Å². The first-order valence-electron chi connectivity index (χ1n) is 3.90. The number of hydrogen-bond donors (Lipinski definition) is 1. The van der Waals surface area contributed by atoms with E-state index in [-0.39, 0.29) is 5.92 Å². The van der Waals surface area contributed by atoms with Crippen LogP contribution in [-0.2, 0) is 4.74 Å². The van der Waals surface area contributed by atoms with Gasteiger partial charge in [-0.3, -0.25) is 0 Å². The summed E-state index contributed by atoms with van der Waals surface area (Å²) in [6.07, 6.45) is 1.01. The van der Waals surface area contributed by atoms with Gasteiger partial charge in [-0.15, -0.1) is 0 Å². The van der Waals surface area contributed by atoms with Crippen molar-refractivity contribution in [2.45, 2.75) is 13.3 Å². The third-order valence-electron chi connectivity index (χ3n) is 1.37. The molecule has 0 aliphatic rings. The topological polar surface area (TPSA) is 45.0 Å². The Bertz CT molecular complexity index is 120. The minimum atomic E-state index is 0.109. The molecule has 1 atom stereocenters. The molecule has 0 aromatic heterocycles. The van der Waals surface area contributed by atoms with Gasteiger partial charge in [-0.2, -0.15) is 5.26 Å². The van der Waals surface area contributed by atoms with Crippen LogP contribution in [0.1, 0.15) is 13.3 Å². The first-order chi connectivity index (χ1) is 5.31. The minimum absolute atomic E-state index is 0.109. The molecule has 11 heavy (non-hydrogen) atoms. The Hall–Kier alpha value is -0.590. The molecule has 0 saturated heterocycles. The Morgan fingerprint density at radius 2 is 2.36 bits per heavy atom. The smallest absolute Gasteiger partial charge is 0.0666 e. The van der Waals surface area contributed by atoms with Crippen LogP contribution in [0.2, 0.25) is 0 Å². The molecule has 0 saturated carbocycles. The summed E-state index contributed by atoms with van der Waals surface area (Å²) in [6, 6.07) is 2.16. The second-order valence-corrected chi connectivity index (χ2v) is 2.58. The van der Waals surface area contributed by atoms with Crippen molar-refractivity contribution in [3.8, 4) is 6.07 Å². The van der Waals surface area contributed by atoms with E-state index in [0.717, 1.165) is 26.1 Å². The van der Waals surface area contributed by atoms with Crippen LogP contribution < -0.4 is 5.32 Å². The highest BCUT2D eigenvalue weighted by molar-refractivity contribution is 4.79. The number of ether oxygens (including phenoxy) is 1. The molecule has 0 amide bonds. The molecular formula is C8H16N2O. The van der Waals surface area contributed by atoms with Crippen molar-refractivity contribution in [3.05, 3.63) is 0 Å². The summed E-state index contributed by atoms with van der Waals surface area (Å²) < 4.78 is 4.87. The fourth-order valence-corrected chi connectivity index (χ4v) is 0.706. The lowest BCUT2D eigenvalue weighted by molar-refractivity contribution is 0.194. The molecule has 64 valence electrons. The number of hydrogen-bond acceptors (Lipinski definition) is 3. The van der Waals surface area contributed by atoms with Crippen molar-refractivity contribution in [1.29, 1.82) is 5.26 Å². The molecule has 0 rings (SSSR count). The van der Waals surface area contributed by atoms with Crippen molar-refractivity contribution in [2.24, 2.45) is 5.92 Å². The summed E-state index contributed by atoms with van der Waals surface area (Å²) in [5.41, 5.74) is 0. The molecule has 0 fully saturated rings. The Morgan fingerprint density at radius 3 is 2.91 bits per heavy atom. The van der Waals surface area contributed by atoms with E-state index in [9.17, 15) is 0 Å². The molecule has 0 spiro atoms. The van der Waals surface area contributed by atoms with Gasteiger partial charge in [0.2, 0.25) is 0 Å². The Balaban J connectivity index is 2.97. The summed E-state index contributed by atoms with van der Waals surface area (Å²) in [5.74, 6) is 0.109. The average Bonchev–Trinajstić information content (AvgIpc) is 2.04. The van der Waals surface area contributed by atoms with E-state index in [1.165, 1.54) is 0 Å². The monoisotopic (exact) mass is 156 g/mol. The maximum atomic E-state index is 8.42. The van der Waals surface area contributed by atoms with Crippen LogP contribution in [0.15, 0.2) is 0 Å². The normalized spacial score (nSPS) is 12.5. The molecule has 0 radical (unpaired) electrons. The summed E-state index contributed by atoms with van der Waals surface area (Å²) in [5, 5.41) is 11.6. The minimum Gasteiger partial charge on any atom is -0.385 e. The second kappa shape index (κ2) is 7.52. The molecule has 0 aliphatic heterocycles. The molecule has 3 nitrogen and oxygen atoms in total. The van der Waals surface area contributed by atoms with E-state index >= 15 is 0 Å². The highest BCUT2D eigenvalue weighted by atomic mass is 16.5. The van der Waals surface area contributed by atoms with Gasteiger partial charge in [0.15, 0.2) is 0 Å². The second-order valence-electron chi connectivity index (χ2n) is 2.58. The Morgan fingerprint density at radius 1 is 1.64 bits per heavy atom. The van der Waals surface area contributed by atoms with Gasteiger partial charge in [-0.25, -0.2) is 0 Å². The van der Waals surface area contributed by atoms with Crippen LogP contribution in [0.4, 0.5) is 0 Å². The maximum absolute atomic E-state index is 8.42. The van der Waals surface area contributed by atoms with Gasteiger partial charge in [0.1, 0.15) is 0 Å². The van der Waals surface area contributed by atoms with Gasteiger partial charge in [0.25, 0.3) is 0 Å². The van der Waals surface area contributed by atoms with E-state index in [2.05, 4.69) is 11.4 Å². The van der Waals surface area contributed by atoms with E-state index < -0.39 is 0 Å². The Labute approximate surface area is 68.3 Å². The zero-order chi connectivity index (χ0) is 8.53. The predicted octanol–water partition coefficient (Wildman–Crippen LogP) is 0.772. The van der Waals surface area contributed by atoms with Gasteiger partial charge in [0, 0.05) is 20.3 Å². The van der Waals surface area contributed by atoms with Crippen molar-refractivity contribution in [3.63, 3.8) is 0 Å². The quantitative estimate of drug-likeness (QED) is 0.578. The van der Waals surface area contributed by atoms with Crippen LogP contribution in [0.25, 0.3) is 0 Å². The van der Waals surface area contributed by atoms with Gasteiger partial charge in [0.05, 0.1) is 12.0 Å². The zero-order valence-electron chi connectivity index (χ0n) is 7.26. The number of nitrogens with one attached hydrogen (secondary N) is 1. The lowest BCUT2D eigenvalue weighted by atomic mass is 10.2. The average molecular weight is 156 g/mol. The van der Waals surface area contributed by atoms with Crippen molar-refractivity contribution in [1.82, 2.24) is 5.32 Å². The first kappa shape index (κ1) is 10.4. The summed E-state index contributed by atoms with van der Waals surface area (Å²) in [4.78, 5) is 0. The molecule has 0 aromatic rings. The van der Waals surface area contributed by atoms with Gasteiger partial charge >= 0.3 is 0 Å². The van der Waals surface area contributed by atoms with E-state index in [0.29, 0.717) is 0 Å². The number of rotatable bonds is 6. The van der Waals surface area contributed by atoms with Gasteiger partial charge < -0.3 is 10.1 Å². The summed E-state index contributed by atoms with van der Waals surface area (Å²) in [7, 11) is 1.69. The number of methoxy groups -OCH3 is 1. The van der Waals surface area contributed by atoms with Crippen LogP contribution in [0.3, 0.4) is 0 Å². The third-order valence-corrected chi connectivity index (χ3v) is 1.37. The lowest BCUT2D eigenvalue weighted by Gasteiger charge is -2.04. The lowest BCUT2D eigenvalue weighted by Crippen LogP contribution is -2.22. The fourth-order valence-electron chi connectivity index (χ4n) is 0.706. The van der Waals surface area contributed by atoms with E-state index in [4.69, 9.17) is 10.00 Å². The summed E-state index contributed by atoms with van der Waals surface area (Å²) in [6.45, 7) is 4.40. The molecule has 0 aliphatic carbocycles. The zero-order valence-corrected chi connectivity index (χ0v) is 7.26. The van der Waals surface area contributed by atoms with Gasteiger partial charge in [-0.1, -0.05) is 0 Å². The van der Waals surface area contributed by atoms with Crippen LogP contribution in [-0.4, -0.2) is 26.8 Å². The van der Waals surface area contributed by atoms with Crippen LogP contribution in [0, 0.1) is 17.2 Å². The van der Waals surface area contributed by atoms with Crippen LogP contribution >= 0.6 is 0 Å².